The Morgan fingerprint density at radius 2 is 0.789 bits per heavy atom. The van der Waals surface area contributed by atoms with Gasteiger partial charge in [-0.3, -0.25) is 0 Å². The number of hydrogen-bond acceptors (Lipinski definition) is 0. The Balaban J connectivity index is 2.48. The molecular weight excluding hydrogens is 295 g/mol. The van der Waals surface area contributed by atoms with Gasteiger partial charge in [-0.1, -0.05) is 0 Å². The summed E-state index contributed by atoms with van der Waals surface area (Å²) in [5.41, 5.74) is 8.50. The van der Waals surface area contributed by atoms with Crippen LogP contribution in [0.2, 0.25) is 0 Å². The van der Waals surface area contributed by atoms with E-state index < -0.39 is 0 Å². The van der Waals surface area contributed by atoms with E-state index in [4.69, 9.17) is 0 Å². The molecule has 0 amide bonds. The van der Waals surface area contributed by atoms with E-state index in [9.17, 15) is 0 Å². The van der Waals surface area contributed by atoms with Crippen molar-refractivity contribution >= 4 is 23.9 Å². The van der Waals surface area contributed by atoms with Crippen molar-refractivity contribution in [1.29, 1.82) is 0 Å². The van der Waals surface area contributed by atoms with Crippen molar-refractivity contribution in [3.63, 3.8) is 0 Å². The number of aryl methyl sites for hydroxylation is 6. The standard InChI is InChI=1S/C18H22Se/c1-11-7-13(3)17(14(4)8-11)19-18-15(5)9-12(2)10-16(18)6/h7-10H,1-6H3. The van der Waals surface area contributed by atoms with Crippen LogP contribution in [0.4, 0.5) is 0 Å². The van der Waals surface area contributed by atoms with Gasteiger partial charge in [0.25, 0.3) is 0 Å². The van der Waals surface area contributed by atoms with Gasteiger partial charge in [-0.05, 0) is 0 Å². The van der Waals surface area contributed by atoms with E-state index in [0.29, 0.717) is 15.0 Å². The third-order valence-corrected chi connectivity index (χ3v) is 6.97. The van der Waals surface area contributed by atoms with Crippen LogP contribution in [0.3, 0.4) is 0 Å². The van der Waals surface area contributed by atoms with Crippen LogP contribution in [-0.4, -0.2) is 15.0 Å². The van der Waals surface area contributed by atoms with Crippen LogP contribution in [0.25, 0.3) is 0 Å². The van der Waals surface area contributed by atoms with Gasteiger partial charge < -0.3 is 0 Å². The van der Waals surface area contributed by atoms with Crippen LogP contribution in [0.15, 0.2) is 24.3 Å². The van der Waals surface area contributed by atoms with E-state index in [1.807, 2.05) is 0 Å². The second-order valence-corrected chi connectivity index (χ2v) is 7.70. The Bertz CT molecular complexity index is 522. The van der Waals surface area contributed by atoms with Gasteiger partial charge in [-0.15, -0.1) is 0 Å². The molecule has 0 aromatic heterocycles. The van der Waals surface area contributed by atoms with Crippen LogP contribution in [0, 0.1) is 41.5 Å². The fourth-order valence-electron chi connectivity index (χ4n) is 2.76. The third-order valence-electron chi connectivity index (χ3n) is 3.41. The third kappa shape index (κ3) is 3.11. The Labute approximate surface area is 123 Å². The molecule has 0 unspecified atom stereocenters. The molecule has 2 aromatic carbocycles. The fourth-order valence-corrected chi connectivity index (χ4v) is 5.03. The molecule has 0 aliphatic heterocycles. The monoisotopic (exact) mass is 318 g/mol. The molecule has 0 N–H and O–H groups in total. The summed E-state index contributed by atoms with van der Waals surface area (Å²) in [7, 11) is 0. The number of rotatable bonds is 2. The first-order valence-corrected chi connectivity index (χ1v) is 8.43. The SMILES string of the molecule is Cc1cc(C)c([Se]c2c(C)cc(C)cc2C)c(C)c1. The van der Waals surface area contributed by atoms with Crippen molar-refractivity contribution in [3.8, 4) is 0 Å². The minimum absolute atomic E-state index is 0.406. The first-order chi connectivity index (χ1) is 8.88. The summed E-state index contributed by atoms with van der Waals surface area (Å²) in [6.07, 6.45) is 0. The predicted molar refractivity (Wildman–Crippen MR) is 86.3 cm³/mol. The Morgan fingerprint density at radius 3 is 1.05 bits per heavy atom. The Hall–Kier alpha value is -1.04. The van der Waals surface area contributed by atoms with Crippen molar-refractivity contribution < 1.29 is 0 Å². The summed E-state index contributed by atoms with van der Waals surface area (Å²) >= 11 is 0.406. The first-order valence-electron chi connectivity index (χ1n) is 6.72. The number of benzene rings is 2. The molecule has 0 aliphatic carbocycles. The molecular formula is C18H22Se. The molecule has 0 spiro atoms. The maximum absolute atomic E-state index is 2.31. The molecule has 0 heterocycles. The van der Waals surface area contributed by atoms with Crippen LogP contribution >= 0.6 is 0 Å². The van der Waals surface area contributed by atoms with Crippen LogP contribution in [0.5, 0.6) is 0 Å². The van der Waals surface area contributed by atoms with Crippen LogP contribution in [0.1, 0.15) is 33.4 Å². The molecule has 2 aromatic rings. The predicted octanol–water partition coefficient (Wildman–Crippen LogP) is 3.19. The van der Waals surface area contributed by atoms with Gasteiger partial charge in [0.05, 0.1) is 0 Å². The normalized spacial score (nSPS) is 10.8. The van der Waals surface area contributed by atoms with Gasteiger partial charge in [0.1, 0.15) is 0 Å². The van der Waals surface area contributed by atoms with Crippen molar-refractivity contribution in [1.82, 2.24) is 0 Å². The van der Waals surface area contributed by atoms with Gasteiger partial charge in [0.15, 0.2) is 0 Å². The van der Waals surface area contributed by atoms with Gasteiger partial charge in [0, 0.05) is 0 Å². The van der Waals surface area contributed by atoms with Crippen molar-refractivity contribution in [2.24, 2.45) is 0 Å². The van der Waals surface area contributed by atoms with Crippen molar-refractivity contribution in [3.05, 3.63) is 57.6 Å². The molecule has 2 rings (SSSR count). The van der Waals surface area contributed by atoms with Gasteiger partial charge >= 0.3 is 123 Å². The molecule has 0 bridgehead atoms. The summed E-state index contributed by atoms with van der Waals surface area (Å²) in [4.78, 5) is 0. The molecule has 100 valence electrons. The first kappa shape index (κ1) is 14.4. The number of hydrogen-bond donors (Lipinski definition) is 0. The average molecular weight is 317 g/mol. The molecule has 0 aliphatic rings. The van der Waals surface area contributed by atoms with E-state index in [1.165, 1.54) is 33.4 Å². The summed E-state index contributed by atoms with van der Waals surface area (Å²) in [5, 5.41) is 0. The molecule has 0 saturated carbocycles. The fraction of sp³-hybridized carbons (Fsp3) is 0.333. The summed E-state index contributed by atoms with van der Waals surface area (Å²) in [6.45, 7) is 13.3. The Morgan fingerprint density at radius 1 is 0.526 bits per heavy atom. The van der Waals surface area contributed by atoms with E-state index in [1.54, 1.807) is 8.92 Å². The van der Waals surface area contributed by atoms with Gasteiger partial charge in [-0.2, -0.15) is 0 Å². The van der Waals surface area contributed by atoms with Crippen molar-refractivity contribution in [2.75, 3.05) is 0 Å². The maximum atomic E-state index is 2.31. The van der Waals surface area contributed by atoms with Crippen LogP contribution < -0.4 is 8.92 Å². The molecule has 0 radical (unpaired) electrons. The van der Waals surface area contributed by atoms with E-state index in [2.05, 4.69) is 65.8 Å². The second-order valence-electron chi connectivity index (χ2n) is 5.56. The second kappa shape index (κ2) is 5.53. The van der Waals surface area contributed by atoms with Crippen molar-refractivity contribution in [2.45, 2.75) is 41.5 Å². The van der Waals surface area contributed by atoms with Gasteiger partial charge in [-0.25, -0.2) is 0 Å². The molecule has 0 nitrogen and oxygen atoms in total. The van der Waals surface area contributed by atoms with E-state index in [-0.39, 0.29) is 0 Å². The zero-order chi connectivity index (χ0) is 14.2. The summed E-state index contributed by atoms with van der Waals surface area (Å²) < 4.78 is 3.10. The van der Waals surface area contributed by atoms with E-state index in [0.717, 1.165) is 0 Å². The summed E-state index contributed by atoms with van der Waals surface area (Å²) in [5.74, 6) is 0. The average Bonchev–Trinajstić information content (AvgIpc) is 2.25. The van der Waals surface area contributed by atoms with Crippen LogP contribution in [-0.2, 0) is 0 Å². The quantitative estimate of drug-likeness (QED) is 0.746. The molecule has 0 fully saturated rings. The zero-order valence-electron chi connectivity index (χ0n) is 12.7. The zero-order valence-corrected chi connectivity index (χ0v) is 14.4. The van der Waals surface area contributed by atoms with Gasteiger partial charge in [0.2, 0.25) is 0 Å². The molecule has 19 heavy (non-hydrogen) atoms. The Kier molecular flexibility index (Phi) is 4.18. The minimum atomic E-state index is 0.406. The molecule has 0 saturated heterocycles. The van der Waals surface area contributed by atoms with E-state index >= 15 is 0 Å². The molecule has 0 atom stereocenters. The summed E-state index contributed by atoms with van der Waals surface area (Å²) in [6, 6.07) is 9.23. The molecule has 1 heteroatoms. The topological polar surface area (TPSA) is 0 Å².